The molecule has 0 bridgehead atoms. The average molecular weight is 305 g/mol. The zero-order chi connectivity index (χ0) is 15.4. The highest BCUT2D eigenvalue weighted by atomic mass is 35.5. The SMILES string of the molecule is COc1ccc(C)cc1CC(NN)c1cccc(C)c1Cl. The number of nitrogens with one attached hydrogen (secondary N) is 1. The zero-order valence-electron chi connectivity index (χ0n) is 12.6. The number of benzene rings is 2. The number of rotatable bonds is 5. The van der Waals surface area contributed by atoms with Crippen LogP contribution in [0.4, 0.5) is 0 Å². The van der Waals surface area contributed by atoms with Crippen molar-refractivity contribution in [1.82, 2.24) is 5.43 Å². The number of ether oxygens (including phenoxy) is 1. The lowest BCUT2D eigenvalue weighted by Gasteiger charge is -2.20. The van der Waals surface area contributed by atoms with Crippen molar-refractivity contribution in [2.24, 2.45) is 5.84 Å². The van der Waals surface area contributed by atoms with E-state index in [-0.39, 0.29) is 6.04 Å². The molecule has 3 N–H and O–H groups in total. The van der Waals surface area contributed by atoms with Gasteiger partial charge in [-0.2, -0.15) is 0 Å². The summed E-state index contributed by atoms with van der Waals surface area (Å²) < 4.78 is 5.43. The smallest absolute Gasteiger partial charge is 0.122 e. The van der Waals surface area contributed by atoms with E-state index in [2.05, 4.69) is 18.4 Å². The predicted molar refractivity (Wildman–Crippen MR) is 87.7 cm³/mol. The van der Waals surface area contributed by atoms with Crippen molar-refractivity contribution in [2.75, 3.05) is 7.11 Å². The molecule has 2 aromatic carbocycles. The summed E-state index contributed by atoms with van der Waals surface area (Å²) in [7, 11) is 1.68. The lowest BCUT2D eigenvalue weighted by atomic mass is 9.96. The molecule has 2 aromatic rings. The number of halogens is 1. The second-order valence-corrected chi connectivity index (χ2v) is 5.59. The van der Waals surface area contributed by atoms with Crippen LogP contribution in [0.5, 0.6) is 5.75 Å². The second kappa shape index (κ2) is 6.94. The van der Waals surface area contributed by atoms with Crippen LogP contribution in [0.1, 0.15) is 28.3 Å². The maximum absolute atomic E-state index is 6.41. The molecule has 0 saturated carbocycles. The van der Waals surface area contributed by atoms with Crippen molar-refractivity contribution in [2.45, 2.75) is 26.3 Å². The molecule has 3 nitrogen and oxygen atoms in total. The Hall–Kier alpha value is -1.55. The Morgan fingerprint density at radius 3 is 2.67 bits per heavy atom. The largest absolute Gasteiger partial charge is 0.496 e. The van der Waals surface area contributed by atoms with Crippen LogP contribution in [0, 0.1) is 13.8 Å². The molecule has 0 fully saturated rings. The molecule has 0 aliphatic heterocycles. The number of hydrogen-bond acceptors (Lipinski definition) is 3. The van der Waals surface area contributed by atoms with Crippen molar-refractivity contribution in [1.29, 1.82) is 0 Å². The van der Waals surface area contributed by atoms with Crippen molar-refractivity contribution in [3.05, 3.63) is 63.7 Å². The molecule has 4 heteroatoms. The molecule has 0 saturated heterocycles. The van der Waals surface area contributed by atoms with Crippen molar-refractivity contribution in [3.8, 4) is 5.75 Å². The van der Waals surface area contributed by atoms with E-state index in [1.165, 1.54) is 5.56 Å². The summed E-state index contributed by atoms with van der Waals surface area (Å²) in [6.45, 7) is 4.06. The Bertz CT molecular complexity index is 628. The van der Waals surface area contributed by atoms with Gasteiger partial charge in [-0.05, 0) is 43.0 Å². The molecule has 0 amide bonds. The lowest BCUT2D eigenvalue weighted by Crippen LogP contribution is -2.30. The first kappa shape index (κ1) is 15.8. The first-order valence-corrected chi connectivity index (χ1v) is 7.29. The number of methoxy groups -OCH3 is 1. The fraction of sp³-hybridized carbons (Fsp3) is 0.294. The minimum atomic E-state index is -0.0619. The fourth-order valence-corrected chi connectivity index (χ4v) is 2.74. The highest BCUT2D eigenvalue weighted by molar-refractivity contribution is 6.32. The van der Waals surface area contributed by atoms with Gasteiger partial charge in [-0.3, -0.25) is 11.3 Å². The number of hydrazine groups is 1. The topological polar surface area (TPSA) is 47.3 Å². The van der Waals surface area contributed by atoms with Gasteiger partial charge in [0.1, 0.15) is 5.75 Å². The van der Waals surface area contributed by atoms with Crippen LogP contribution in [0.25, 0.3) is 0 Å². The van der Waals surface area contributed by atoms with Crippen LogP contribution in [-0.4, -0.2) is 7.11 Å². The van der Waals surface area contributed by atoms with Gasteiger partial charge in [0.25, 0.3) is 0 Å². The third-order valence-corrected chi connectivity index (χ3v) is 4.17. The number of hydrogen-bond donors (Lipinski definition) is 2. The first-order chi connectivity index (χ1) is 10.1. The summed E-state index contributed by atoms with van der Waals surface area (Å²) in [5.74, 6) is 6.62. The molecular weight excluding hydrogens is 284 g/mol. The van der Waals surface area contributed by atoms with E-state index in [1.807, 2.05) is 37.3 Å². The number of nitrogens with two attached hydrogens (primary N) is 1. The molecule has 1 unspecified atom stereocenters. The van der Waals surface area contributed by atoms with Crippen LogP contribution >= 0.6 is 11.6 Å². The fourth-order valence-electron chi connectivity index (χ4n) is 2.48. The second-order valence-electron chi connectivity index (χ2n) is 5.22. The lowest BCUT2D eigenvalue weighted by molar-refractivity contribution is 0.405. The summed E-state index contributed by atoms with van der Waals surface area (Å²) in [6, 6.07) is 12.1. The Morgan fingerprint density at radius 1 is 1.24 bits per heavy atom. The zero-order valence-corrected chi connectivity index (χ0v) is 13.4. The predicted octanol–water partition coefficient (Wildman–Crippen LogP) is 3.71. The van der Waals surface area contributed by atoms with Gasteiger partial charge >= 0.3 is 0 Å². The first-order valence-electron chi connectivity index (χ1n) is 6.91. The van der Waals surface area contributed by atoms with Gasteiger partial charge in [0.05, 0.1) is 13.2 Å². The summed E-state index contributed by atoms with van der Waals surface area (Å²) in [5, 5.41) is 0.757. The van der Waals surface area contributed by atoms with Gasteiger partial charge in [0.15, 0.2) is 0 Å². The molecule has 21 heavy (non-hydrogen) atoms. The van der Waals surface area contributed by atoms with Crippen LogP contribution in [-0.2, 0) is 6.42 Å². The molecular formula is C17H21ClN2O. The molecule has 0 spiro atoms. The highest BCUT2D eigenvalue weighted by Crippen LogP contribution is 2.30. The Balaban J connectivity index is 2.35. The molecule has 0 heterocycles. The monoisotopic (exact) mass is 304 g/mol. The van der Waals surface area contributed by atoms with Crippen LogP contribution in [0.3, 0.4) is 0 Å². The maximum atomic E-state index is 6.41. The highest BCUT2D eigenvalue weighted by Gasteiger charge is 2.17. The van der Waals surface area contributed by atoms with Gasteiger partial charge < -0.3 is 4.74 Å². The third-order valence-electron chi connectivity index (χ3n) is 3.66. The van der Waals surface area contributed by atoms with Gasteiger partial charge in [-0.1, -0.05) is 47.5 Å². The normalized spacial score (nSPS) is 12.2. The van der Waals surface area contributed by atoms with E-state index in [0.717, 1.165) is 27.5 Å². The van der Waals surface area contributed by atoms with E-state index in [4.69, 9.17) is 22.2 Å². The molecule has 112 valence electrons. The minimum absolute atomic E-state index is 0.0619. The van der Waals surface area contributed by atoms with Crippen molar-refractivity contribution in [3.63, 3.8) is 0 Å². The van der Waals surface area contributed by atoms with E-state index in [1.54, 1.807) is 7.11 Å². The summed E-state index contributed by atoms with van der Waals surface area (Å²) in [5.41, 5.74) is 7.22. The van der Waals surface area contributed by atoms with Crippen LogP contribution in [0.15, 0.2) is 36.4 Å². The Morgan fingerprint density at radius 2 is 2.00 bits per heavy atom. The summed E-state index contributed by atoms with van der Waals surface area (Å²) >= 11 is 6.41. The molecule has 0 aliphatic carbocycles. The van der Waals surface area contributed by atoms with Gasteiger partial charge in [-0.15, -0.1) is 0 Å². The van der Waals surface area contributed by atoms with Crippen molar-refractivity contribution >= 4 is 11.6 Å². The van der Waals surface area contributed by atoms with E-state index >= 15 is 0 Å². The Labute approximate surface area is 131 Å². The van der Waals surface area contributed by atoms with E-state index in [9.17, 15) is 0 Å². The summed E-state index contributed by atoms with van der Waals surface area (Å²) in [4.78, 5) is 0. The maximum Gasteiger partial charge on any atom is 0.122 e. The third kappa shape index (κ3) is 3.56. The average Bonchev–Trinajstić information content (AvgIpc) is 2.48. The Kier molecular flexibility index (Phi) is 5.23. The molecule has 0 aliphatic rings. The quantitative estimate of drug-likeness (QED) is 0.654. The van der Waals surface area contributed by atoms with Gasteiger partial charge in [0, 0.05) is 5.02 Å². The number of aryl methyl sites for hydroxylation is 2. The van der Waals surface area contributed by atoms with E-state index < -0.39 is 0 Å². The summed E-state index contributed by atoms with van der Waals surface area (Å²) in [6.07, 6.45) is 0.713. The molecule has 1 atom stereocenters. The minimum Gasteiger partial charge on any atom is -0.496 e. The molecule has 2 rings (SSSR count). The van der Waals surface area contributed by atoms with E-state index in [0.29, 0.717) is 6.42 Å². The van der Waals surface area contributed by atoms with Gasteiger partial charge in [-0.25, -0.2) is 0 Å². The van der Waals surface area contributed by atoms with Crippen LogP contribution < -0.4 is 16.0 Å². The van der Waals surface area contributed by atoms with Gasteiger partial charge in [0.2, 0.25) is 0 Å². The molecule has 0 aromatic heterocycles. The molecule has 0 radical (unpaired) electrons. The van der Waals surface area contributed by atoms with Crippen LogP contribution in [0.2, 0.25) is 5.02 Å². The van der Waals surface area contributed by atoms with Crippen molar-refractivity contribution < 1.29 is 4.74 Å². The standard InChI is InChI=1S/C17H21ClN2O/c1-11-7-8-16(21-3)13(9-11)10-15(20-19)14-6-4-5-12(2)17(14)18/h4-9,15,20H,10,19H2,1-3H3.